The van der Waals surface area contributed by atoms with Gasteiger partial charge < -0.3 is 24.1 Å². The lowest BCUT2D eigenvalue weighted by Gasteiger charge is -2.20. The van der Waals surface area contributed by atoms with Crippen LogP contribution in [0.25, 0.3) is 0 Å². The van der Waals surface area contributed by atoms with Gasteiger partial charge in [-0.15, -0.1) is 0 Å². The number of aromatic nitrogens is 1. The predicted molar refractivity (Wildman–Crippen MR) is 90.0 cm³/mol. The monoisotopic (exact) mass is 353 g/mol. The maximum Gasteiger partial charge on any atom is 0.273 e. The number of carbonyl (C=O) groups is 2. The molecule has 1 aliphatic rings. The molecule has 0 saturated heterocycles. The molecule has 0 radical (unpaired) electrons. The van der Waals surface area contributed by atoms with Crippen LogP contribution in [0.5, 0.6) is 0 Å². The van der Waals surface area contributed by atoms with Crippen LogP contribution in [0.4, 0.5) is 0 Å². The van der Waals surface area contributed by atoms with Gasteiger partial charge in [0.1, 0.15) is 6.26 Å². The molecule has 140 valence electrons. The van der Waals surface area contributed by atoms with Gasteiger partial charge in [0.05, 0.1) is 6.54 Å². The molecule has 1 aromatic rings. The van der Waals surface area contributed by atoms with Crippen molar-refractivity contribution in [2.45, 2.75) is 32.2 Å². The fourth-order valence-electron chi connectivity index (χ4n) is 2.42. The zero-order valence-electron chi connectivity index (χ0n) is 15.0. The molecule has 1 aliphatic carbocycles. The quantitative estimate of drug-likeness (QED) is 0.568. The molecule has 1 N–H and O–H groups in total. The van der Waals surface area contributed by atoms with Crippen molar-refractivity contribution in [2.75, 3.05) is 40.5 Å². The van der Waals surface area contributed by atoms with Gasteiger partial charge in [0, 0.05) is 46.4 Å². The average molecular weight is 353 g/mol. The molecule has 25 heavy (non-hydrogen) atoms. The molecule has 0 unspecified atom stereocenters. The van der Waals surface area contributed by atoms with Crippen LogP contribution in [0.15, 0.2) is 10.7 Å². The first-order chi connectivity index (χ1) is 12.2. The Kier molecular flexibility index (Phi) is 7.87. The first kappa shape index (κ1) is 19.4. The Morgan fingerprint density at radius 2 is 2.00 bits per heavy atom. The van der Waals surface area contributed by atoms with Crippen molar-refractivity contribution in [1.82, 2.24) is 15.2 Å². The van der Waals surface area contributed by atoms with Gasteiger partial charge in [-0.2, -0.15) is 0 Å². The third-order valence-corrected chi connectivity index (χ3v) is 3.94. The molecule has 0 spiro atoms. The lowest BCUT2D eigenvalue weighted by molar-refractivity contribution is -0.133. The van der Waals surface area contributed by atoms with Crippen molar-refractivity contribution in [3.8, 4) is 0 Å². The number of hydrogen-bond acceptors (Lipinski definition) is 6. The number of carbonyl (C=O) groups excluding carboxylic acids is 2. The Morgan fingerprint density at radius 3 is 2.68 bits per heavy atom. The smallest absolute Gasteiger partial charge is 0.273 e. The lowest BCUT2D eigenvalue weighted by Crippen LogP contribution is -2.33. The van der Waals surface area contributed by atoms with E-state index in [4.69, 9.17) is 13.9 Å². The van der Waals surface area contributed by atoms with Crippen LogP contribution in [0, 0.1) is 5.92 Å². The number of ether oxygens (including phenoxy) is 2. The van der Waals surface area contributed by atoms with Crippen LogP contribution in [-0.4, -0.2) is 62.2 Å². The summed E-state index contributed by atoms with van der Waals surface area (Å²) < 4.78 is 15.4. The molecular formula is C17H27N3O5. The summed E-state index contributed by atoms with van der Waals surface area (Å²) in [6.45, 7) is 2.55. The van der Waals surface area contributed by atoms with Gasteiger partial charge in [-0.3, -0.25) is 9.59 Å². The fraction of sp³-hybridized carbons (Fsp3) is 0.706. The second-order valence-corrected chi connectivity index (χ2v) is 6.11. The zero-order chi connectivity index (χ0) is 18.1. The zero-order valence-corrected chi connectivity index (χ0v) is 15.0. The molecular weight excluding hydrogens is 326 g/mol. The van der Waals surface area contributed by atoms with Crippen LogP contribution in [0.1, 0.15) is 42.1 Å². The minimum Gasteiger partial charge on any atom is -0.446 e. The Morgan fingerprint density at radius 1 is 1.28 bits per heavy atom. The standard InChI is InChI=1S/C17H27N3O5/c1-23-9-3-7-18-16(21)14-12-25-15(19-14)11-20(8-4-10-24-2)17(22)13-5-6-13/h12-13H,3-11H2,1-2H3,(H,18,21). The summed E-state index contributed by atoms with van der Waals surface area (Å²) in [5, 5.41) is 2.75. The Labute approximate surface area is 147 Å². The molecule has 0 aromatic carbocycles. The van der Waals surface area contributed by atoms with Crippen molar-refractivity contribution >= 4 is 11.8 Å². The summed E-state index contributed by atoms with van der Waals surface area (Å²) in [5.41, 5.74) is 0.225. The van der Waals surface area contributed by atoms with Gasteiger partial charge in [0.15, 0.2) is 5.69 Å². The average Bonchev–Trinajstić information content (AvgIpc) is 3.36. The van der Waals surface area contributed by atoms with E-state index in [1.807, 2.05) is 0 Å². The van der Waals surface area contributed by atoms with E-state index < -0.39 is 0 Å². The first-order valence-corrected chi connectivity index (χ1v) is 8.65. The lowest BCUT2D eigenvalue weighted by atomic mass is 10.3. The maximum absolute atomic E-state index is 12.4. The van der Waals surface area contributed by atoms with E-state index in [2.05, 4.69) is 10.3 Å². The maximum atomic E-state index is 12.4. The third-order valence-electron chi connectivity index (χ3n) is 3.94. The van der Waals surface area contributed by atoms with E-state index in [9.17, 15) is 9.59 Å². The fourth-order valence-corrected chi connectivity index (χ4v) is 2.42. The van der Waals surface area contributed by atoms with Crippen molar-refractivity contribution in [2.24, 2.45) is 5.92 Å². The normalized spacial score (nSPS) is 13.7. The highest BCUT2D eigenvalue weighted by Gasteiger charge is 2.33. The number of hydrogen-bond donors (Lipinski definition) is 1. The van der Waals surface area contributed by atoms with Crippen LogP contribution in [0.3, 0.4) is 0 Å². The summed E-state index contributed by atoms with van der Waals surface area (Å²) in [6, 6.07) is 0. The van der Waals surface area contributed by atoms with Crippen molar-refractivity contribution < 1.29 is 23.5 Å². The highest BCUT2D eigenvalue weighted by molar-refractivity contribution is 5.91. The van der Waals surface area contributed by atoms with E-state index in [0.29, 0.717) is 32.2 Å². The van der Waals surface area contributed by atoms with Gasteiger partial charge in [-0.25, -0.2) is 4.98 Å². The van der Waals surface area contributed by atoms with Crippen molar-refractivity contribution in [1.29, 1.82) is 0 Å². The van der Waals surface area contributed by atoms with Gasteiger partial charge >= 0.3 is 0 Å². The number of nitrogens with one attached hydrogen (secondary N) is 1. The van der Waals surface area contributed by atoms with Crippen molar-refractivity contribution in [3.63, 3.8) is 0 Å². The minimum atomic E-state index is -0.287. The highest BCUT2D eigenvalue weighted by atomic mass is 16.5. The molecule has 1 heterocycles. The minimum absolute atomic E-state index is 0.125. The summed E-state index contributed by atoms with van der Waals surface area (Å²) in [6.07, 6.45) is 4.70. The summed E-state index contributed by atoms with van der Waals surface area (Å²) in [4.78, 5) is 30.3. The van der Waals surface area contributed by atoms with E-state index in [-0.39, 0.29) is 30.0 Å². The van der Waals surface area contributed by atoms with Gasteiger partial charge in [-0.1, -0.05) is 0 Å². The first-order valence-electron chi connectivity index (χ1n) is 8.65. The highest BCUT2D eigenvalue weighted by Crippen LogP contribution is 2.31. The second-order valence-electron chi connectivity index (χ2n) is 6.11. The topological polar surface area (TPSA) is 93.9 Å². The summed E-state index contributed by atoms with van der Waals surface area (Å²) in [7, 11) is 3.26. The van der Waals surface area contributed by atoms with Crippen LogP contribution in [0.2, 0.25) is 0 Å². The number of amides is 2. The van der Waals surface area contributed by atoms with Crippen LogP contribution < -0.4 is 5.32 Å². The number of oxazole rings is 1. The van der Waals surface area contributed by atoms with E-state index >= 15 is 0 Å². The molecule has 8 heteroatoms. The molecule has 0 atom stereocenters. The second kappa shape index (κ2) is 10.1. The van der Waals surface area contributed by atoms with E-state index in [1.54, 1.807) is 19.1 Å². The summed E-state index contributed by atoms with van der Waals surface area (Å²) in [5.74, 6) is 0.333. The van der Waals surface area contributed by atoms with Crippen LogP contribution >= 0.6 is 0 Å². The van der Waals surface area contributed by atoms with Crippen molar-refractivity contribution in [3.05, 3.63) is 17.8 Å². The summed E-state index contributed by atoms with van der Waals surface area (Å²) >= 11 is 0. The van der Waals surface area contributed by atoms with Gasteiger partial charge in [-0.05, 0) is 25.7 Å². The molecule has 2 amide bonds. The Hall–Kier alpha value is -1.93. The molecule has 0 bridgehead atoms. The molecule has 2 rings (SSSR count). The number of rotatable bonds is 12. The van der Waals surface area contributed by atoms with Gasteiger partial charge in [0.25, 0.3) is 5.91 Å². The molecule has 1 saturated carbocycles. The number of methoxy groups -OCH3 is 2. The molecule has 0 aliphatic heterocycles. The molecule has 8 nitrogen and oxygen atoms in total. The third kappa shape index (κ3) is 6.47. The van der Waals surface area contributed by atoms with E-state index in [1.165, 1.54) is 6.26 Å². The Balaban J connectivity index is 1.87. The number of nitrogens with zero attached hydrogens (tertiary/aromatic N) is 2. The Bertz CT molecular complexity index is 556. The SMILES string of the molecule is COCCCNC(=O)c1coc(CN(CCCOC)C(=O)C2CC2)n1. The van der Waals surface area contributed by atoms with E-state index in [0.717, 1.165) is 25.7 Å². The largest absolute Gasteiger partial charge is 0.446 e. The molecule has 1 fully saturated rings. The van der Waals surface area contributed by atoms with Crippen LogP contribution in [-0.2, 0) is 20.8 Å². The predicted octanol–water partition coefficient (Wildman–Crippen LogP) is 1.22. The molecule has 1 aromatic heterocycles. The van der Waals surface area contributed by atoms with Gasteiger partial charge in [0.2, 0.25) is 11.8 Å².